The van der Waals surface area contributed by atoms with Crippen molar-refractivity contribution in [3.8, 4) is 0 Å². The van der Waals surface area contributed by atoms with Gasteiger partial charge in [0, 0.05) is 31.6 Å². The van der Waals surface area contributed by atoms with Gasteiger partial charge < -0.3 is 4.57 Å². The second-order valence-electron chi connectivity index (χ2n) is 6.56. The van der Waals surface area contributed by atoms with Crippen LogP contribution in [0.1, 0.15) is 11.3 Å². The number of imidazole rings is 1. The lowest BCUT2D eigenvalue weighted by Crippen LogP contribution is -2.37. The van der Waals surface area contributed by atoms with Gasteiger partial charge in [-0.3, -0.25) is 18.9 Å². The average molecular weight is 411 g/mol. The third-order valence-corrected chi connectivity index (χ3v) is 5.68. The summed E-state index contributed by atoms with van der Waals surface area (Å²) in [6.45, 7) is 0.126. The van der Waals surface area contributed by atoms with Gasteiger partial charge in [0.2, 0.25) is 0 Å². The minimum atomic E-state index is -0.461. The maximum absolute atomic E-state index is 14.3. The van der Waals surface area contributed by atoms with Crippen molar-refractivity contribution in [2.45, 2.75) is 17.5 Å². The van der Waals surface area contributed by atoms with Crippen LogP contribution in [0.25, 0.3) is 11.2 Å². The molecule has 0 fully saturated rings. The van der Waals surface area contributed by atoms with E-state index in [-0.39, 0.29) is 23.5 Å². The number of nitrogens with zero attached hydrogens (tertiary/aromatic N) is 5. The van der Waals surface area contributed by atoms with Crippen LogP contribution in [0, 0.1) is 5.82 Å². The molecule has 0 saturated heterocycles. The molecule has 0 bridgehead atoms. The topological polar surface area (TPSA) is 74.7 Å². The van der Waals surface area contributed by atoms with Crippen molar-refractivity contribution in [2.75, 3.05) is 0 Å². The first-order valence-electron chi connectivity index (χ1n) is 8.89. The molecule has 0 amide bonds. The van der Waals surface area contributed by atoms with E-state index in [0.29, 0.717) is 16.5 Å². The predicted octanol–water partition coefficient (Wildman–Crippen LogP) is 2.31. The van der Waals surface area contributed by atoms with Gasteiger partial charge in [0.25, 0.3) is 5.56 Å². The number of hydrogen-bond donors (Lipinski definition) is 0. The van der Waals surface area contributed by atoms with Crippen LogP contribution in [0.2, 0.25) is 0 Å². The first kappa shape index (κ1) is 19.1. The molecule has 0 radical (unpaired) electrons. The Bertz CT molecular complexity index is 1310. The van der Waals surface area contributed by atoms with Crippen molar-refractivity contribution in [3.63, 3.8) is 0 Å². The van der Waals surface area contributed by atoms with E-state index >= 15 is 0 Å². The van der Waals surface area contributed by atoms with E-state index in [1.54, 1.807) is 36.0 Å². The Hall–Kier alpha value is -3.20. The summed E-state index contributed by atoms with van der Waals surface area (Å²) in [7, 11) is 2.99. The second-order valence-corrected chi connectivity index (χ2v) is 7.50. The molecule has 4 aromatic rings. The molecule has 4 rings (SSSR count). The molecule has 0 saturated carbocycles. The summed E-state index contributed by atoms with van der Waals surface area (Å²) in [5, 5.41) is 0.521. The quantitative estimate of drug-likeness (QED) is 0.471. The summed E-state index contributed by atoms with van der Waals surface area (Å²) < 4.78 is 18.3. The molecule has 9 heteroatoms. The fraction of sp³-hybridized carbons (Fsp3) is 0.200. The monoisotopic (exact) mass is 411 g/mol. The SMILES string of the molecule is Cn1c(=O)c2c(nc(SCc3ccccn3)n2Cc2ccccc2F)n(C)c1=O. The number of rotatable bonds is 5. The molecule has 0 spiro atoms. The highest BCUT2D eigenvalue weighted by Gasteiger charge is 2.20. The summed E-state index contributed by atoms with van der Waals surface area (Å²) in [6, 6.07) is 12.0. The molecular weight excluding hydrogens is 393 g/mol. The van der Waals surface area contributed by atoms with Gasteiger partial charge in [0.15, 0.2) is 16.3 Å². The molecular formula is C20H18FN5O2S. The highest BCUT2D eigenvalue weighted by molar-refractivity contribution is 7.98. The Morgan fingerprint density at radius 1 is 1.03 bits per heavy atom. The molecule has 0 unspecified atom stereocenters. The number of thioether (sulfide) groups is 1. The zero-order valence-electron chi connectivity index (χ0n) is 15.9. The lowest BCUT2D eigenvalue weighted by Gasteiger charge is -2.10. The van der Waals surface area contributed by atoms with E-state index < -0.39 is 11.2 Å². The van der Waals surface area contributed by atoms with Gasteiger partial charge in [0.1, 0.15) is 5.82 Å². The molecule has 0 aliphatic rings. The van der Waals surface area contributed by atoms with Gasteiger partial charge >= 0.3 is 5.69 Å². The summed E-state index contributed by atoms with van der Waals surface area (Å²) in [6.07, 6.45) is 1.71. The molecule has 29 heavy (non-hydrogen) atoms. The third kappa shape index (κ3) is 3.49. The Labute approximate surface area is 169 Å². The molecule has 3 heterocycles. The lowest BCUT2D eigenvalue weighted by molar-refractivity contribution is 0.593. The smallest absolute Gasteiger partial charge is 0.308 e. The van der Waals surface area contributed by atoms with Gasteiger partial charge in [-0.2, -0.15) is 0 Å². The minimum absolute atomic E-state index is 0.126. The van der Waals surface area contributed by atoms with E-state index in [4.69, 9.17) is 0 Å². The van der Waals surface area contributed by atoms with Crippen LogP contribution in [-0.4, -0.2) is 23.7 Å². The van der Waals surface area contributed by atoms with Crippen molar-refractivity contribution in [2.24, 2.45) is 14.1 Å². The van der Waals surface area contributed by atoms with Crippen molar-refractivity contribution >= 4 is 22.9 Å². The van der Waals surface area contributed by atoms with Gasteiger partial charge in [-0.15, -0.1) is 0 Å². The fourth-order valence-electron chi connectivity index (χ4n) is 3.10. The maximum Gasteiger partial charge on any atom is 0.332 e. The summed E-state index contributed by atoms with van der Waals surface area (Å²) in [4.78, 5) is 34.0. The second kappa shape index (κ2) is 7.67. The summed E-state index contributed by atoms with van der Waals surface area (Å²) in [5.74, 6) is 0.159. The number of aromatic nitrogens is 5. The van der Waals surface area contributed by atoms with Crippen LogP contribution < -0.4 is 11.2 Å². The number of fused-ring (bicyclic) bond motifs is 1. The Balaban J connectivity index is 1.88. The molecule has 1 aromatic carbocycles. The highest BCUT2D eigenvalue weighted by atomic mass is 32.2. The van der Waals surface area contributed by atoms with E-state index in [0.717, 1.165) is 10.3 Å². The van der Waals surface area contributed by atoms with Gasteiger partial charge in [0.05, 0.1) is 12.2 Å². The molecule has 0 aliphatic heterocycles. The van der Waals surface area contributed by atoms with Crippen molar-refractivity contribution in [3.05, 3.63) is 86.6 Å². The third-order valence-electron chi connectivity index (χ3n) is 4.67. The number of benzene rings is 1. The minimum Gasteiger partial charge on any atom is -0.308 e. The zero-order valence-corrected chi connectivity index (χ0v) is 16.7. The van der Waals surface area contributed by atoms with Crippen LogP contribution in [0.5, 0.6) is 0 Å². The summed E-state index contributed by atoms with van der Waals surface area (Å²) >= 11 is 1.38. The average Bonchev–Trinajstić information content (AvgIpc) is 3.10. The predicted molar refractivity (Wildman–Crippen MR) is 110 cm³/mol. The molecule has 7 nitrogen and oxygen atoms in total. The largest absolute Gasteiger partial charge is 0.332 e. The zero-order chi connectivity index (χ0) is 20.5. The first-order valence-corrected chi connectivity index (χ1v) is 9.88. The van der Waals surface area contributed by atoms with Gasteiger partial charge in [-0.25, -0.2) is 14.2 Å². The van der Waals surface area contributed by atoms with Crippen LogP contribution in [0.4, 0.5) is 4.39 Å². The fourth-order valence-corrected chi connectivity index (χ4v) is 4.01. The van der Waals surface area contributed by atoms with Crippen molar-refractivity contribution in [1.29, 1.82) is 0 Å². The van der Waals surface area contributed by atoms with Crippen LogP contribution in [0.3, 0.4) is 0 Å². The standard InChI is InChI=1S/C20H18FN5O2S/c1-24-17-16(18(27)25(2)20(24)28)26(11-13-7-3-4-9-15(13)21)19(23-17)29-12-14-8-5-6-10-22-14/h3-10H,11-12H2,1-2H3. The number of pyridine rings is 1. The maximum atomic E-state index is 14.3. The molecule has 0 aliphatic carbocycles. The molecule has 3 aromatic heterocycles. The van der Waals surface area contributed by atoms with Gasteiger partial charge in [-0.1, -0.05) is 36.0 Å². The summed E-state index contributed by atoms with van der Waals surface area (Å²) in [5.41, 5.74) is 0.904. The van der Waals surface area contributed by atoms with E-state index in [2.05, 4.69) is 9.97 Å². The Kier molecular flexibility index (Phi) is 5.06. The van der Waals surface area contributed by atoms with Crippen LogP contribution >= 0.6 is 11.8 Å². The normalized spacial score (nSPS) is 11.3. The van der Waals surface area contributed by atoms with Crippen molar-refractivity contribution in [1.82, 2.24) is 23.7 Å². The van der Waals surface area contributed by atoms with Crippen LogP contribution in [-0.2, 0) is 26.4 Å². The molecule has 0 atom stereocenters. The highest BCUT2D eigenvalue weighted by Crippen LogP contribution is 2.26. The number of halogens is 1. The Morgan fingerprint density at radius 3 is 2.52 bits per heavy atom. The lowest BCUT2D eigenvalue weighted by atomic mass is 10.2. The molecule has 0 N–H and O–H groups in total. The van der Waals surface area contributed by atoms with E-state index in [1.807, 2.05) is 18.2 Å². The van der Waals surface area contributed by atoms with E-state index in [9.17, 15) is 14.0 Å². The van der Waals surface area contributed by atoms with Gasteiger partial charge in [-0.05, 0) is 18.2 Å². The number of hydrogen-bond acceptors (Lipinski definition) is 5. The van der Waals surface area contributed by atoms with E-state index in [1.165, 1.54) is 29.4 Å². The Morgan fingerprint density at radius 2 is 1.79 bits per heavy atom. The first-order chi connectivity index (χ1) is 14.0. The number of aryl methyl sites for hydroxylation is 1. The van der Waals surface area contributed by atoms with Crippen LogP contribution in [0.15, 0.2) is 63.4 Å². The van der Waals surface area contributed by atoms with Crippen molar-refractivity contribution < 1.29 is 4.39 Å². The molecule has 148 valence electrons.